The minimum Gasteiger partial charge on any atom is -0.461 e. The van der Waals surface area contributed by atoms with E-state index in [-0.39, 0.29) is 30.9 Å². The summed E-state index contributed by atoms with van der Waals surface area (Å²) in [6, 6.07) is 0. The van der Waals surface area contributed by atoms with E-state index in [2.05, 4.69) is 15.6 Å². The lowest BCUT2D eigenvalue weighted by Gasteiger charge is -2.11. The molecule has 0 spiro atoms. The molecule has 8 nitrogen and oxygen atoms in total. The second-order valence-corrected chi connectivity index (χ2v) is 4.84. The van der Waals surface area contributed by atoms with Gasteiger partial charge in [0.1, 0.15) is 6.54 Å². The van der Waals surface area contributed by atoms with E-state index in [1.54, 1.807) is 13.8 Å². The summed E-state index contributed by atoms with van der Waals surface area (Å²) in [5.41, 5.74) is 0.657. The number of carbonyl (C=O) groups is 2. The van der Waals surface area contributed by atoms with Gasteiger partial charge in [0, 0.05) is 13.2 Å². The Bertz CT molecular complexity index is 508. The summed E-state index contributed by atoms with van der Waals surface area (Å²) >= 11 is 0. The molecule has 116 valence electrons. The fraction of sp³-hybridized carbons (Fsp3) is 0.692. The summed E-state index contributed by atoms with van der Waals surface area (Å²) in [5.74, 6) is -0.713. The Morgan fingerprint density at radius 1 is 1.52 bits per heavy atom. The van der Waals surface area contributed by atoms with Crippen molar-refractivity contribution in [1.82, 2.24) is 20.3 Å². The molecule has 0 bridgehead atoms. The predicted molar refractivity (Wildman–Crippen MR) is 72.7 cm³/mol. The van der Waals surface area contributed by atoms with Crippen LogP contribution in [0.5, 0.6) is 0 Å². The molecule has 0 aromatic carbocycles. The van der Waals surface area contributed by atoms with E-state index in [1.165, 1.54) is 4.68 Å². The zero-order chi connectivity index (χ0) is 15.2. The van der Waals surface area contributed by atoms with Crippen LogP contribution in [0.3, 0.4) is 0 Å². The molecule has 1 saturated heterocycles. The topological polar surface area (TPSA) is 95.3 Å². The van der Waals surface area contributed by atoms with E-state index in [0.717, 1.165) is 19.4 Å². The zero-order valence-corrected chi connectivity index (χ0v) is 12.3. The van der Waals surface area contributed by atoms with Crippen LogP contribution in [0.15, 0.2) is 0 Å². The summed E-state index contributed by atoms with van der Waals surface area (Å²) in [6.45, 7) is 4.94. The van der Waals surface area contributed by atoms with Crippen LogP contribution >= 0.6 is 0 Å². The van der Waals surface area contributed by atoms with Gasteiger partial charge in [-0.3, -0.25) is 4.79 Å². The highest BCUT2D eigenvalue weighted by Crippen LogP contribution is 2.10. The lowest BCUT2D eigenvalue weighted by Crippen LogP contribution is -2.34. The molecule has 1 aromatic rings. The van der Waals surface area contributed by atoms with Gasteiger partial charge in [-0.1, -0.05) is 5.21 Å². The summed E-state index contributed by atoms with van der Waals surface area (Å²) in [7, 11) is 0. The van der Waals surface area contributed by atoms with Gasteiger partial charge in [0.15, 0.2) is 5.69 Å². The maximum Gasteiger partial charge on any atom is 0.360 e. The Balaban J connectivity index is 1.87. The van der Waals surface area contributed by atoms with E-state index in [4.69, 9.17) is 9.47 Å². The SMILES string of the molecule is CCOC(=O)c1nnn(CC(=O)NCC2CCCO2)c1C. The normalized spacial score (nSPS) is 17.7. The second kappa shape index (κ2) is 7.16. The minimum absolute atomic E-state index is 0.0188. The number of ether oxygens (including phenoxy) is 2. The van der Waals surface area contributed by atoms with E-state index in [0.29, 0.717) is 12.2 Å². The molecule has 1 aromatic heterocycles. The molecule has 1 atom stereocenters. The molecule has 1 unspecified atom stereocenters. The molecule has 8 heteroatoms. The number of nitrogens with zero attached hydrogens (tertiary/aromatic N) is 3. The monoisotopic (exact) mass is 296 g/mol. The Kier molecular flexibility index (Phi) is 5.26. The maximum absolute atomic E-state index is 11.9. The molecule has 1 amide bonds. The number of nitrogens with one attached hydrogen (secondary N) is 1. The standard InChI is InChI=1S/C13H20N4O4/c1-3-20-13(19)12-9(2)17(16-15-12)8-11(18)14-7-10-5-4-6-21-10/h10H,3-8H2,1-2H3,(H,14,18). The maximum atomic E-state index is 11.9. The van der Waals surface area contributed by atoms with Crippen LogP contribution in [-0.2, 0) is 20.8 Å². The van der Waals surface area contributed by atoms with Crippen molar-refractivity contribution in [3.63, 3.8) is 0 Å². The molecule has 0 saturated carbocycles. The second-order valence-electron chi connectivity index (χ2n) is 4.84. The molecule has 0 aliphatic carbocycles. The van der Waals surface area contributed by atoms with Crippen molar-refractivity contribution < 1.29 is 19.1 Å². The van der Waals surface area contributed by atoms with E-state index < -0.39 is 5.97 Å². The van der Waals surface area contributed by atoms with Gasteiger partial charge in [-0.15, -0.1) is 5.10 Å². The number of esters is 1. The van der Waals surface area contributed by atoms with Crippen molar-refractivity contribution in [1.29, 1.82) is 0 Å². The van der Waals surface area contributed by atoms with Gasteiger partial charge in [0.05, 0.1) is 18.4 Å². The number of hydrogen-bond donors (Lipinski definition) is 1. The van der Waals surface area contributed by atoms with Crippen molar-refractivity contribution in [3.05, 3.63) is 11.4 Å². The lowest BCUT2D eigenvalue weighted by atomic mass is 10.2. The van der Waals surface area contributed by atoms with E-state index in [1.807, 2.05) is 0 Å². The van der Waals surface area contributed by atoms with E-state index >= 15 is 0 Å². The van der Waals surface area contributed by atoms with Gasteiger partial charge < -0.3 is 14.8 Å². The molecule has 1 aliphatic rings. The van der Waals surface area contributed by atoms with Crippen LogP contribution in [0.2, 0.25) is 0 Å². The van der Waals surface area contributed by atoms with Crippen molar-refractivity contribution in [3.8, 4) is 0 Å². The predicted octanol–water partition coefficient (Wildman–Crippen LogP) is 0.0584. The van der Waals surface area contributed by atoms with Crippen LogP contribution in [0.4, 0.5) is 0 Å². The van der Waals surface area contributed by atoms with Crippen LogP contribution in [0.25, 0.3) is 0 Å². The fourth-order valence-electron chi connectivity index (χ4n) is 2.12. The minimum atomic E-state index is -0.527. The largest absolute Gasteiger partial charge is 0.461 e. The molecule has 1 aliphatic heterocycles. The highest BCUT2D eigenvalue weighted by Gasteiger charge is 2.20. The molecule has 21 heavy (non-hydrogen) atoms. The highest BCUT2D eigenvalue weighted by molar-refractivity contribution is 5.88. The average Bonchev–Trinajstić information content (AvgIpc) is 3.08. The van der Waals surface area contributed by atoms with Crippen molar-refractivity contribution in [2.24, 2.45) is 0 Å². The lowest BCUT2D eigenvalue weighted by molar-refractivity contribution is -0.122. The van der Waals surface area contributed by atoms with Crippen molar-refractivity contribution >= 4 is 11.9 Å². The van der Waals surface area contributed by atoms with Crippen molar-refractivity contribution in [2.45, 2.75) is 39.3 Å². The number of aromatic nitrogens is 3. The summed E-state index contributed by atoms with van der Waals surface area (Å²) in [6.07, 6.45) is 2.10. The smallest absolute Gasteiger partial charge is 0.360 e. The number of amides is 1. The van der Waals surface area contributed by atoms with E-state index in [9.17, 15) is 9.59 Å². The Morgan fingerprint density at radius 3 is 3.00 bits per heavy atom. The third kappa shape index (κ3) is 4.01. The van der Waals surface area contributed by atoms with Gasteiger partial charge in [-0.2, -0.15) is 0 Å². The number of carbonyl (C=O) groups excluding carboxylic acids is 2. The Labute approximate surface area is 122 Å². The van der Waals surface area contributed by atoms with Crippen LogP contribution in [-0.4, -0.2) is 52.7 Å². The molecule has 2 heterocycles. The molecular formula is C13H20N4O4. The summed E-state index contributed by atoms with van der Waals surface area (Å²) in [4.78, 5) is 23.5. The van der Waals surface area contributed by atoms with Gasteiger partial charge in [-0.05, 0) is 26.7 Å². The third-order valence-electron chi connectivity index (χ3n) is 3.30. The fourth-order valence-corrected chi connectivity index (χ4v) is 2.12. The van der Waals surface area contributed by atoms with Crippen molar-refractivity contribution in [2.75, 3.05) is 19.8 Å². The summed E-state index contributed by atoms with van der Waals surface area (Å²) in [5, 5.41) is 10.4. The van der Waals surface area contributed by atoms with Crippen LogP contribution < -0.4 is 5.32 Å². The molecule has 0 radical (unpaired) electrons. The third-order valence-corrected chi connectivity index (χ3v) is 3.30. The van der Waals surface area contributed by atoms with Gasteiger partial charge >= 0.3 is 5.97 Å². The van der Waals surface area contributed by atoms with Crippen LogP contribution in [0, 0.1) is 6.92 Å². The number of rotatable bonds is 6. The average molecular weight is 296 g/mol. The molecule has 1 fully saturated rings. The molecule has 2 rings (SSSR count). The first-order valence-corrected chi connectivity index (χ1v) is 7.07. The zero-order valence-electron chi connectivity index (χ0n) is 12.3. The van der Waals surface area contributed by atoms with Gasteiger partial charge in [0.2, 0.25) is 5.91 Å². The Morgan fingerprint density at radius 2 is 2.33 bits per heavy atom. The molecular weight excluding hydrogens is 276 g/mol. The summed E-state index contributed by atoms with van der Waals surface area (Å²) < 4.78 is 11.7. The molecule has 1 N–H and O–H groups in total. The quantitative estimate of drug-likeness (QED) is 0.746. The first kappa shape index (κ1) is 15.4. The Hall–Kier alpha value is -1.96. The first-order valence-electron chi connectivity index (χ1n) is 7.07. The highest BCUT2D eigenvalue weighted by atomic mass is 16.5. The van der Waals surface area contributed by atoms with Gasteiger partial charge in [-0.25, -0.2) is 9.48 Å². The number of hydrogen-bond acceptors (Lipinski definition) is 6. The first-order chi connectivity index (χ1) is 10.1. The van der Waals surface area contributed by atoms with Crippen LogP contribution in [0.1, 0.15) is 35.9 Å². The van der Waals surface area contributed by atoms with Gasteiger partial charge in [0.25, 0.3) is 0 Å².